The average Bonchev–Trinajstić information content (AvgIpc) is 3.32. The number of phenols is 1. The summed E-state index contributed by atoms with van der Waals surface area (Å²) in [5, 5.41) is 9.82. The van der Waals surface area contributed by atoms with Crippen molar-refractivity contribution in [1.29, 1.82) is 0 Å². The molecule has 4 saturated carbocycles. The fraction of sp³-hybridized carbons (Fsp3) is 0.763. The Bertz CT molecular complexity index is 1120. The monoisotopic (exact) mass is 578 g/mol. The molecular weight excluding hydrogens is 520 g/mol. The first-order valence-electron chi connectivity index (χ1n) is 17.2. The molecule has 0 spiro atoms. The van der Waals surface area contributed by atoms with Gasteiger partial charge in [-0.2, -0.15) is 0 Å². The quantitative estimate of drug-likeness (QED) is 0.234. The Kier molecular flexibility index (Phi) is 9.41. The number of esters is 1. The number of aromatic hydroxyl groups is 1. The maximum absolute atomic E-state index is 12.7. The average molecular weight is 579 g/mol. The van der Waals surface area contributed by atoms with Gasteiger partial charge in [-0.05, 0) is 140 Å². The van der Waals surface area contributed by atoms with Crippen LogP contribution in [0.1, 0.15) is 118 Å². The minimum absolute atomic E-state index is 0.0185. The van der Waals surface area contributed by atoms with E-state index in [1.54, 1.807) is 24.3 Å². The van der Waals surface area contributed by atoms with Crippen molar-refractivity contribution in [3.63, 3.8) is 0 Å². The van der Waals surface area contributed by atoms with Crippen LogP contribution in [0.2, 0.25) is 0 Å². The minimum atomic E-state index is -0.272. The molecule has 0 aromatic heterocycles. The third-order valence-corrected chi connectivity index (χ3v) is 13.5. The zero-order valence-electron chi connectivity index (χ0n) is 27.5. The molecule has 0 saturated heterocycles. The predicted molar refractivity (Wildman–Crippen MR) is 171 cm³/mol. The van der Waals surface area contributed by atoms with Crippen molar-refractivity contribution in [3.8, 4) is 11.5 Å². The predicted octanol–water partition coefficient (Wildman–Crippen LogP) is 9.69. The van der Waals surface area contributed by atoms with Gasteiger partial charge in [-0.25, -0.2) is 4.79 Å². The zero-order valence-corrected chi connectivity index (χ0v) is 27.5. The lowest BCUT2D eigenvalue weighted by Gasteiger charge is -2.61. The van der Waals surface area contributed by atoms with Crippen LogP contribution in [-0.4, -0.2) is 24.3 Å². The first-order valence-corrected chi connectivity index (χ1v) is 17.2. The maximum Gasteiger partial charge on any atom is 0.331 e. The molecule has 0 bridgehead atoms. The second-order valence-electron chi connectivity index (χ2n) is 15.8. The second-order valence-corrected chi connectivity index (χ2v) is 15.8. The number of rotatable bonds is 9. The van der Waals surface area contributed by atoms with Crippen molar-refractivity contribution in [2.75, 3.05) is 7.11 Å². The molecule has 10 atom stereocenters. The van der Waals surface area contributed by atoms with Crippen LogP contribution in [-0.2, 0) is 9.53 Å². The summed E-state index contributed by atoms with van der Waals surface area (Å²) in [6, 6.07) is 5.07. The molecule has 1 aromatic rings. The van der Waals surface area contributed by atoms with Gasteiger partial charge in [0.25, 0.3) is 0 Å². The van der Waals surface area contributed by atoms with E-state index in [9.17, 15) is 9.90 Å². The summed E-state index contributed by atoms with van der Waals surface area (Å²) in [4.78, 5) is 12.7. The smallest absolute Gasteiger partial charge is 0.331 e. The lowest BCUT2D eigenvalue weighted by Crippen LogP contribution is -2.54. The number of carbonyl (C=O) groups excluding carboxylic acids is 1. The number of hydrogen-bond acceptors (Lipinski definition) is 4. The van der Waals surface area contributed by atoms with Gasteiger partial charge < -0.3 is 14.6 Å². The molecule has 1 aromatic carbocycles. The van der Waals surface area contributed by atoms with Gasteiger partial charge in [-0.3, -0.25) is 0 Å². The minimum Gasteiger partial charge on any atom is -0.504 e. The van der Waals surface area contributed by atoms with Crippen LogP contribution < -0.4 is 4.74 Å². The zero-order chi connectivity index (χ0) is 30.2. The fourth-order valence-corrected chi connectivity index (χ4v) is 10.5. The molecule has 4 nitrogen and oxygen atoms in total. The number of ether oxygens (including phenoxy) is 2. The molecule has 234 valence electrons. The molecule has 4 aliphatic rings. The molecule has 5 rings (SSSR count). The molecule has 1 N–H and O–H groups in total. The Morgan fingerprint density at radius 2 is 1.71 bits per heavy atom. The van der Waals surface area contributed by atoms with Gasteiger partial charge in [0.2, 0.25) is 0 Å². The Labute approximate surface area is 256 Å². The number of methoxy groups -OCH3 is 1. The van der Waals surface area contributed by atoms with Gasteiger partial charge in [0, 0.05) is 6.08 Å². The normalized spacial score (nSPS) is 37.5. The highest BCUT2D eigenvalue weighted by Crippen LogP contribution is 2.68. The van der Waals surface area contributed by atoms with Crippen molar-refractivity contribution in [2.45, 2.75) is 118 Å². The van der Waals surface area contributed by atoms with Crippen LogP contribution >= 0.6 is 0 Å². The van der Waals surface area contributed by atoms with Gasteiger partial charge in [0.05, 0.1) is 7.11 Å². The van der Waals surface area contributed by atoms with E-state index in [1.807, 2.05) is 0 Å². The number of carbonyl (C=O) groups is 1. The summed E-state index contributed by atoms with van der Waals surface area (Å²) in [6.45, 7) is 15.1. The number of benzene rings is 1. The van der Waals surface area contributed by atoms with Gasteiger partial charge in [0.1, 0.15) is 6.10 Å². The maximum atomic E-state index is 12.7. The summed E-state index contributed by atoms with van der Waals surface area (Å²) in [5.41, 5.74) is 1.72. The molecule has 0 radical (unpaired) electrons. The third-order valence-electron chi connectivity index (χ3n) is 13.5. The van der Waals surface area contributed by atoms with E-state index in [0.717, 1.165) is 59.8 Å². The summed E-state index contributed by atoms with van der Waals surface area (Å²) in [6.07, 6.45) is 17.6. The number of phenolic OH excluding ortho intramolecular Hbond substituents is 1. The molecule has 4 fully saturated rings. The first kappa shape index (κ1) is 31.5. The fourth-order valence-electron chi connectivity index (χ4n) is 10.5. The largest absolute Gasteiger partial charge is 0.504 e. The van der Waals surface area contributed by atoms with Gasteiger partial charge in [-0.1, -0.05) is 60.5 Å². The Morgan fingerprint density at radius 1 is 0.976 bits per heavy atom. The lowest BCUT2D eigenvalue weighted by molar-refractivity contribution is -0.157. The summed E-state index contributed by atoms with van der Waals surface area (Å²) >= 11 is 0. The van der Waals surface area contributed by atoms with Gasteiger partial charge >= 0.3 is 5.97 Å². The van der Waals surface area contributed by atoms with E-state index >= 15 is 0 Å². The molecule has 0 amide bonds. The van der Waals surface area contributed by atoms with Crippen molar-refractivity contribution in [1.82, 2.24) is 0 Å². The van der Waals surface area contributed by atoms with E-state index in [4.69, 9.17) is 9.47 Å². The SMILES string of the molecule is COc1cc(C=CC(=O)OC2CC[C@@]3(C)C(CCC4C3CC[C@@]3(C)C4CC[C@@H]3[C@H](C)CC[C@@H](C)C(C)C)C2)ccc1O. The van der Waals surface area contributed by atoms with E-state index in [2.05, 4.69) is 41.5 Å². The molecule has 5 unspecified atom stereocenters. The van der Waals surface area contributed by atoms with E-state index in [1.165, 1.54) is 71.0 Å². The lowest BCUT2D eigenvalue weighted by atomic mass is 9.44. The topological polar surface area (TPSA) is 55.8 Å². The molecule has 4 aliphatic carbocycles. The van der Waals surface area contributed by atoms with Gasteiger partial charge in [0.15, 0.2) is 11.5 Å². The van der Waals surface area contributed by atoms with Gasteiger partial charge in [-0.15, -0.1) is 0 Å². The summed E-state index contributed by atoms with van der Waals surface area (Å²) < 4.78 is 11.2. The van der Waals surface area contributed by atoms with Crippen molar-refractivity contribution in [3.05, 3.63) is 29.8 Å². The van der Waals surface area contributed by atoms with Crippen LogP contribution in [0, 0.1) is 58.2 Å². The standard InChI is InChI=1S/C38H58O4/c1-24(2)25(3)8-9-26(4)31-14-15-32-30-13-12-28-23-29(18-20-37(28,5)33(30)19-21-38(31,32)6)42-36(40)17-11-27-10-16-34(39)35(22-27)41-7/h10-11,16-17,22,24-26,28-33,39H,8-9,12-15,18-21,23H2,1-7H3/t25-,26-,28?,29?,30?,31-,32?,33?,37+,38-/m1/s1. The van der Waals surface area contributed by atoms with Crippen molar-refractivity contribution >= 4 is 12.0 Å². The van der Waals surface area contributed by atoms with Crippen LogP contribution in [0.5, 0.6) is 11.5 Å². The molecule has 42 heavy (non-hydrogen) atoms. The van der Waals surface area contributed by atoms with E-state index < -0.39 is 0 Å². The van der Waals surface area contributed by atoms with Crippen LogP contribution in [0.15, 0.2) is 24.3 Å². The number of fused-ring (bicyclic) bond motifs is 5. The molecular formula is C38H58O4. The van der Waals surface area contributed by atoms with Crippen LogP contribution in [0.4, 0.5) is 0 Å². The van der Waals surface area contributed by atoms with Crippen molar-refractivity contribution in [2.24, 2.45) is 58.2 Å². The van der Waals surface area contributed by atoms with E-state index in [0.29, 0.717) is 22.5 Å². The highest BCUT2D eigenvalue weighted by molar-refractivity contribution is 5.87. The highest BCUT2D eigenvalue weighted by atomic mass is 16.5. The highest BCUT2D eigenvalue weighted by Gasteiger charge is 2.60. The third kappa shape index (κ3) is 6.03. The Hall–Kier alpha value is -1.97. The molecule has 0 aliphatic heterocycles. The summed E-state index contributed by atoms with van der Waals surface area (Å²) in [5.74, 6) is 6.88. The number of hydrogen-bond donors (Lipinski definition) is 1. The van der Waals surface area contributed by atoms with E-state index in [-0.39, 0.29) is 17.8 Å². The Morgan fingerprint density at radius 3 is 2.45 bits per heavy atom. The molecule has 4 heteroatoms. The second kappa shape index (κ2) is 12.6. The Balaban J connectivity index is 1.18. The van der Waals surface area contributed by atoms with Crippen molar-refractivity contribution < 1.29 is 19.4 Å². The molecule has 0 heterocycles. The van der Waals surface area contributed by atoms with Crippen LogP contribution in [0.3, 0.4) is 0 Å². The summed E-state index contributed by atoms with van der Waals surface area (Å²) in [7, 11) is 1.52. The first-order chi connectivity index (χ1) is 20.0. The van der Waals surface area contributed by atoms with Crippen LogP contribution in [0.25, 0.3) is 6.08 Å².